The molecule has 0 aromatic heterocycles. The summed E-state index contributed by atoms with van der Waals surface area (Å²) in [5.41, 5.74) is 3.55. The number of nitro groups is 1. The zero-order chi connectivity index (χ0) is 31.8. The number of aliphatic imine (C=N–C) groups is 1. The van der Waals surface area contributed by atoms with Crippen molar-refractivity contribution in [2.75, 3.05) is 46.4 Å². The van der Waals surface area contributed by atoms with Crippen LogP contribution >= 0.6 is 0 Å². The van der Waals surface area contributed by atoms with E-state index >= 15 is 0 Å². The van der Waals surface area contributed by atoms with Crippen LogP contribution in [0.2, 0.25) is 0 Å². The highest BCUT2D eigenvalue weighted by Crippen LogP contribution is 2.43. The summed E-state index contributed by atoms with van der Waals surface area (Å²) in [5.74, 6) is -2.28. The number of benzene rings is 3. The fourth-order valence-electron chi connectivity index (χ4n) is 6.18. The van der Waals surface area contributed by atoms with Crippen LogP contribution in [0.3, 0.4) is 0 Å². The van der Waals surface area contributed by atoms with E-state index in [0.29, 0.717) is 18.0 Å². The van der Waals surface area contributed by atoms with Gasteiger partial charge in [0.25, 0.3) is 5.69 Å². The number of hydrogen-bond donors (Lipinski definition) is 0. The Labute approximate surface area is 262 Å². The number of esters is 1. The minimum atomic E-state index is -0.940. The van der Waals surface area contributed by atoms with E-state index in [9.17, 15) is 14.9 Å². The second kappa shape index (κ2) is 15.0. The third kappa shape index (κ3) is 7.46. The fourth-order valence-corrected chi connectivity index (χ4v) is 6.18. The van der Waals surface area contributed by atoms with E-state index in [1.54, 1.807) is 32.0 Å². The molecule has 5 rings (SSSR count). The van der Waals surface area contributed by atoms with Gasteiger partial charge in [0.15, 0.2) is 5.76 Å². The third-order valence-electron chi connectivity index (χ3n) is 8.36. The fraction of sp³-hybridized carbons (Fsp3) is 0.353. The van der Waals surface area contributed by atoms with Crippen LogP contribution < -0.4 is 0 Å². The summed E-state index contributed by atoms with van der Waals surface area (Å²) in [6, 6.07) is 27.5. The van der Waals surface area contributed by atoms with Gasteiger partial charge in [-0.05, 0) is 30.0 Å². The molecule has 236 valence electrons. The minimum Gasteiger partial charge on any atom is -0.468 e. The van der Waals surface area contributed by atoms with Crippen molar-refractivity contribution in [2.45, 2.75) is 25.8 Å². The highest BCUT2D eigenvalue weighted by atomic mass is 17.5. The molecule has 0 N–H and O–H groups in total. The van der Waals surface area contributed by atoms with Crippen LogP contribution in [0.15, 0.2) is 101 Å². The zero-order valence-corrected chi connectivity index (χ0v) is 25.7. The summed E-state index contributed by atoms with van der Waals surface area (Å²) >= 11 is 0. The van der Waals surface area contributed by atoms with E-state index in [-0.39, 0.29) is 29.7 Å². The van der Waals surface area contributed by atoms with Gasteiger partial charge in [0.1, 0.15) is 5.92 Å². The van der Waals surface area contributed by atoms with E-state index in [4.69, 9.17) is 19.6 Å². The average molecular weight is 615 g/mol. The number of carbonyl (C=O) groups is 1. The molecule has 3 aromatic rings. The zero-order valence-electron chi connectivity index (χ0n) is 25.7. The van der Waals surface area contributed by atoms with Crippen molar-refractivity contribution < 1.29 is 29.3 Å². The van der Waals surface area contributed by atoms with Gasteiger partial charge in [-0.15, -0.1) is 0 Å². The molecule has 11 nitrogen and oxygen atoms in total. The number of methoxy groups -OCH3 is 1. The number of para-hydroxylation sites is 1. The van der Waals surface area contributed by atoms with Gasteiger partial charge in [-0.1, -0.05) is 78.9 Å². The topological polar surface area (TPSA) is 116 Å². The molecular formula is C34H38N4O7. The van der Waals surface area contributed by atoms with Crippen molar-refractivity contribution >= 4 is 17.4 Å². The number of carbonyl (C=O) groups excluding carboxylic acids is 1. The van der Waals surface area contributed by atoms with Crippen LogP contribution in [-0.4, -0.2) is 72.8 Å². The molecule has 45 heavy (non-hydrogen) atoms. The van der Waals surface area contributed by atoms with Gasteiger partial charge in [0.2, 0.25) is 0 Å². The van der Waals surface area contributed by atoms with Crippen molar-refractivity contribution in [2.24, 2.45) is 10.9 Å². The molecular weight excluding hydrogens is 576 g/mol. The quantitative estimate of drug-likeness (QED) is 0.0862. The summed E-state index contributed by atoms with van der Waals surface area (Å²) < 4.78 is 5.03. The molecule has 2 unspecified atom stereocenters. The summed E-state index contributed by atoms with van der Waals surface area (Å²) in [6.45, 7) is 7.72. The van der Waals surface area contributed by atoms with Gasteiger partial charge in [0.05, 0.1) is 36.3 Å². The van der Waals surface area contributed by atoms with Crippen molar-refractivity contribution in [3.05, 3.63) is 123 Å². The van der Waals surface area contributed by atoms with Crippen molar-refractivity contribution in [3.8, 4) is 0 Å². The minimum absolute atomic E-state index is 0.145. The predicted octanol–water partition coefficient (Wildman–Crippen LogP) is 5.46. The average Bonchev–Trinajstić information content (AvgIpc) is 3.06. The van der Waals surface area contributed by atoms with Crippen molar-refractivity contribution in [1.82, 2.24) is 9.80 Å². The number of ether oxygens (including phenoxy) is 1. The van der Waals surface area contributed by atoms with E-state index in [1.165, 1.54) is 24.3 Å². The Hall–Kier alpha value is -4.42. The summed E-state index contributed by atoms with van der Waals surface area (Å²) in [4.78, 5) is 44.5. The molecule has 0 saturated carbocycles. The molecule has 0 amide bonds. The number of rotatable bonds is 12. The van der Waals surface area contributed by atoms with Crippen LogP contribution in [0.1, 0.15) is 42.5 Å². The molecule has 2 atom stereocenters. The lowest BCUT2D eigenvalue weighted by molar-refractivity contribution is -0.498. The molecule has 0 spiro atoms. The molecule has 0 bridgehead atoms. The lowest BCUT2D eigenvalue weighted by atomic mass is 9.79. The van der Waals surface area contributed by atoms with E-state index in [1.807, 2.05) is 12.1 Å². The molecule has 11 heteroatoms. The number of nitro benzene ring substituents is 1. The van der Waals surface area contributed by atoms with Crippen LogP contribution in [-0.2, 0) is 24.3 Å². The van der Waals surface area contributed by atoms with Crippen LogP contribution in [0.5, 0.6) is 0 Å². The normalized spacial score (nSPS) is 19.3. The number of hydrogen-bond acceptors (Lipinski definition) is 10. The second-order valence-corrected chi connectivity index (χ2v) is 11.1. The summed E-state index contributed by atoms with van der Waals surface area (Å²) in [7, 11) is 1.26. The lowest BCUT2D eigenvalue weighted by Gasteiger charge is -2.39. The Balaban J connectivity index is 1.19. The van der Waals surface area contributed by atoms with Gasteiger partial charge in [-0.3, -0.25) is 29.7 Å². The lowest BCUT2D eigenvalue weighted by Crippen LogP contribution is -2.48. The molecule has 3 aromatic carbocycles. The predicted molar refractivity (Wildman–Crippen MR) is 168 cm³/mol. The van der Waals surface area contributed by atoms with E-state index in [0.717, 1.165) is 26.2 Å². The highest BCUT2D eigenvalue weighted by molar-refractivity contribution is 6.03. The molecule has 2 aliphatic rings. The first-order chi connectivity index (χ1) is 21.9. The maximum atomic E-state index is 12.8. The first-order valence-corrected chi connectivity index (χ1v) is 15.0. The summed E-state index contributed by atoms with van der Waals surface area (Å²) in [5, 5.41) is 17.0. The highest BCUT2D eigenvalue weighted by Gasteiger charge is 2.44. The maximum Gasteiger partial charge on any atom is 0.315 e. The Kier molecular flexibility index (Phi) is 10.7. The Morgan fingerprint density at radius 2 is 1.53 bits per heavy atom. The maximum absolute atomic E-state index is 12.8. The third-order valence-corrected chi connectivity index (χ3v) is 8.36. The molecule has 0 aliphatic carbocycles. The Bertz CT molecular complexity index is 1480. The SMILES string of the molecule is COC(=O)C1C(C)=NC(C)=C(OOOCCN2CCN(C(c3ccccc3)c3ccccc3)CC2)C1c1ccccc1[N+](=O)[O-]. The number of allylic oxidation sites excluding steroid dienone is 2. The van der Waals surface area contributed by atoms with Crippen LogP contribution in [0.25, 0.3) is 0 Å². The molecule has 1 fully saturated rings. The largest absolute Gasteiger partial charge is 0.468 e. The molecule has 1 saturated heterocycles. The van der Waals surface area contributed by atoms with Gasteiger partial charge >= 0.3 is 5.97 Å². The standard InChI is InChI=1S/C34H38N4O7/c1-24-30(34(39)42-3)31(28-16-10-11-17-29(28)38(40)41)33(25(2)35-24)44-45-43-23-22-36-18-20-37(21-19-36)32(26-12-6-4-7-13-26)27-14-8-5-9-15-27/h4-17,30-32H,18-23H2,1-3H3. The van der Waals surface area contributed by atoms with Gasteiger partial charge in [-0.2, -0.15) is 4.89 Å². The summed E-state index contributed by atoms with van der Waals surface area (Å²) in [6.07, 6.45) is 0. The first-order valence-electron chi connectivity index (χ1n) is 15.0. The smallest absolute Gasteiger partial charge is 0.315 e. The Morgan fingerprint density at radius 1 is 0.933 bits per heavy atom. The van der Waals surface area contributed by atoms with Crippen LogP contribution in [0.4, 0.5) is 5.69 Å². The van der Waals surface area contributed by atoms with Crippen molar-refractivity contribution in [3.63, 3.8) is 0 Å². The van der Waals surface area contributed by atoms with E-state index in [2.05, 4.69) is 63.3 Å². The van der Waals surface area contributed by atoms with E-state index < -0.39 is 22.7 Å². The monoisotopic (exact) mass is 614 g/mol. The van der Waals surface area contributed by atoms with Crippen molar-refractivity contribution in [1.29, 1.82) is 0 Å². The molecule has 2 heterocycles. The molecule has 2 aliphatic heterocycles. The number of nitrogens with zero attached hydrogens (tertiary/aromatic N) is 4. The van der Waals surface area contributed by atoms with Gasteiger partial charge in [-0.25, -0.2) is 0 Å². The Morgan fingerprint density at radius 3 is 2.13 bits per heavy atom. The van der Waals surface area contributed by atoms with Gasteiger partial charge in [0, 0.05) is 50.1 Å². The second-order valence-electron chi connectivity index (χ2n) is 11.1. The number of piperazine rings is 1. The first kappa shape index (κ1) is 32.0. The molecule has 0 radical (unpaired) electrons. The van der Waals surface area contributed by atoms with Crippen LogP contribution in [0, 0.1) is 16.0 Å². The van der Waals surface area contributed by atoms with Gasteiger partial charge < -0.3 is 9.62 Å².